The summed E-state index contributed by atoms with van der Waals surface area (Å²) in [4.78, 5) is 23.3. The number of carbonyl (C=O) groups is 1. The van der Waals surface area contributed by atoms with Crippen molar-refractivity contribution in [2.45, 2.75) is 31.2 Å². The second-order valence-electron chi connectivity index (χ2n) is 6.58. The lowest BCUT2D eigenvalue weighted by molar-refractivity contribution is -0.115. The monoisotopic (exact) mass is 435 g/mol. The van der Waals surface area contributed by atoms with Gasteiger partial charge < -0.3 is 0 Å². The van der Waals surface area contributed by atoms with Gasteiger partial charge >= 0.3 is 0 Å². The Hall–Kier alpha value is -2.97. The zero-order valence-corrected chi connectivity index (χ0v) is 18.3. The topological polar surface area (TPSA) is 74.8 Å². The molecule has 0 aliphatic rings. The molecule has 1 amide bonds. The lowest BCUT2D eigenvalue weighted by atomic mass is 10.1. The van der Waals surface area contributed by atoms with Crippen LogP contribution in [0.5, 0.6) is 0 Å². The molecule has 0 bridgehead atoms. The zero-order valence-electron chi connectivity index (χ0n) is 16.7. The van der Waals surface area contributed by atoms with Crippen LogP contribution in [0.25, 0.3) is 11.4 Å². The van der Waals surface area contributed by atoms with E-state index in [-0.39, 0.29) is 5.91 Å². The maximum absolute atomic E-state index is 12.4. The van der Waals surface area contributed by atoms with Crippen LogP contribution in [0.15, 0.2) is 65.1 Å². The first-order chi connectivity index (χ1) is 14.7. The quantitative estimate of drug-likeness (QED) is 0.390. The van der Waals surface area contributed by atoms with Gasteiger partial charge in [0, 0.05) is 23.6 Å². The Balaban J connectivity index is 1.48. The van der Waals surface area contributed by atoms with Crippen molar-refractivity contribution in [2.24, 2.45) is 0 Å². The number of amides is 1. The summed E-state index contributed by atoms with van der Waals surface area (Å²) in [5.41, 5.74) is 3.90. The molecule has 1 N–H and O–H groups in total. The van der Waals surface area contributed by atoms with Crippen molar-refractivity contribution in [3.8, 4) is 11.4 Å². The molecule has 8 heteroatoms. The average molecular weight is 436 g/mol. The smallest absolute Gasteiger partial charge is 0.230 e. The van der Waals surface area contributed by atoms with Gasteiger partial charge in [-0.25, -0.2) is 9.97 Å². The van der Waals surface area contributed by atoms with Gasteiger partial charge in [-0.2, -0.15) is 0 Å². The number of aromatic amines is 1. The van der Waals surface area contributed by atoms with Crippen LogP contribution in [0.2, 0.25) is 0 Å². The number of anilines is 2. The summed E-state index contributed by atoms with van der Waals surface area (Å²) < 4.78 is 0. The molecule has 0 aliphatic carbocycles. The molecule has 30 heavy (non-hydrogen) atoms. The van der Waals surface area contributed by atoms with Gasteiger partial charge in [-0.3, -0.25) is 14.8 Å². The SMILES string of the molecule is CCc1ccccc1N(C(C)=O)c1nc(CSc2n[nH]c(-c3ccccc3)n2)cs1. The number of hydrogen-bond donors (Lipinski definition) is 1. The minimum Gasteiger partial charge on any atom is -0.274 e. The highest BCUT2D eigenvalue weighted by atomic mass is 32.2. The summed E-state index contributed by atoms with van der Waals surface area (Å²) in [5, 5.41) is 10.6. The number of nitrogens with zero attached hydrogens (tertiary/aromatic N) is 4. The normalized spacial score (nSPS) is 10.9. The van der Waals surface area contributed by atoms with E-state index in [4.69, 9.17) is 4.98 Å². The van der Waals surface area contributed by atoms with Crippen LogP contribution in [-0.4, -0.2) is 26.1 Å². The van der Waals surface area contributed by atoms with Gasteiger partial charge in [-0.1, -0.05) is 67.2 Å². The summed E-state index contributed by atoms with van der Waals surface area (Å²) in [6, 6.07) is 17.8. The van der Waals surface area contributed by atoms with Crippen molar-refractivity contribution in [1.29, 1.82) is 0 Å². The van der Waals surface area contributed by atoms with Gasteiger partial charge in [-0.05, 0) is 18.1 Å². The number of thiazole rings is 1. The Bertz CT molecular complexity index is 1140. The van der Waals surface area contributed by atoms with E-state index in [1.807, 2.05) is 60.0 Å². The average Bonchev–Trinajstić information content (AvgIpc) is 3.43. The van der Waals surface area contributed by atoms with Gasteiger partial charge in [0.25, 0.3) is 0 Å². The van der Waals surface area contributed by atoms with Crippen LogP contribution >= 0.6 is 23.1 Å². The number of thioether (sulfide) groups is 1. The van der Waals surface area contributed by atoms with E-state index in [1.54, 1.807) is 11.8 Å². The predicted octanol–water partition coefficient (Wildman–Crippen LogP) is 5.47. The molecule has 2 heterocycles. The van der Waals surface area contributed by atoms with E-state index in [2.05, 4.69) is 22.1 Å². The van der Waals surface area contributed by atoms with Crippen LogP contribution in [0, 0.1) is 0 Å². The third kappa shape index (κ3) is 4.44. The minimum atomic E-state index is -0.0501. The fraction of sp³-hybridized carbons (Fsp3) is 0.182. The highest BCUT2D eigenvalue weighted by Gasteiger charge is 2.20. The maximum atomic E-state index is 12.4. The summed E-state index contributed by atoms with van der Waals surface area (Å²) in [6.45, 7) is 3.66. The second kappa shape index (κ2) is 9.23. The van der Waals surface area contributed by atoms with Gasteiger partial charge in [-0.15, -0.1) is 16.4 Å². The van der Waals surface area contributed by atoms with Crippen molar-refractivity contribution < 1.29 is 4.79 Å². The number of aryl methyl sites for hydroxylation is 1. The molecular formula is C22H21N5OS2. The lowest BCUT2D eigenvalue weighted by Gasteiger charge is -2.20. The zero-order chi connectivity index (χ0) is 20.9. The molecule has 0 aliphatic heterocycles. The van der Waals surface area contributed by atoms with Crippen LogP contribution in [0.3, 0.4) is 0 Å². The number of nitrogens with one attached hydrogen (secondary N) is 1. The first-order valence-electron chi connectivity index (χ1n) is 9.59. The van der Waals surface area contributed by atoms with E-state index in [9.17, 15) is 4.79 Å². The fourth-order valence-electron chi connectivity index (χ4n) is 3.08. The molecular weight excluding hydrogens is 414 g/mol. The van der Waals surface area contributed by atoms with Crippen molar-refractivity contribution >= 4 is 39.8 Å². The molecule has 0 saturated heterocycles. The molecule has 2 aromatic heterocycles. The van der Waals surface area contributed by atoms with Crippen molar-refractivity contribution in [1.82, 2.24) is 20.2 Å². The molecule has 6 nitrogen and oxygen atoms in total. The molecule has 152 valence electrons. The molecule has 0 spiro atoms. The van der Waals surface area contributed by atoms with Crippen LogP contribution in [-0.2, 0) is 17.0 Å². The van der Waals surface area contributed by atoms with Crippen LogP contribution < -0.4 is 4.90 Å². The Morgan fingerprint density at radius 3 is 2.63 bits per heavy atom. The molecule has 0 fully saturated rings. The van der Waals surface area contributed by atoms with E-state index in [1.165, 1.54) is 23.1 Å². The molecule has 0 unspecified atom stereocenters. The van der Waals surface area contributed by atoms with Crippen molar-refractivity contribution in [3.63, 3.8) is 0 Å². The van der Waals surface area contributed by atoms with Gasteiger partial charge in [0.05, 0.1) is 11.4 Å². The van der Waals surface area contributed by atoms with E-state index in [0.29, 0.717) is 16.0 Å². The first kappa shape index (κ1) is 20.3. The molecule has 4 rings (SSSR count). The van der Waals surface area contributed by atoms with Crippen molar-refractivity contribution in [2.75, 3.05) is 4.90 Å². The van der Waals surface area contributed by atoms with Gasteiger partial charge in [0.1, 0.15) is 0 Å². The summed E-state index contributed by atoms with van der Waals surface area (Å²) in [6.07, 6.45) is 0.850. The van der Waals surface area contributed by atoms with E-state index >= 15 is 0 Å². The summed E-state index contributed by atoms with van der Waals surface area (Å²) >= 11 is 2.98. The van der Waals surface area contributed by atoms with E-state index in [0.717, 1.165) is 34.8 Å². The number of aromatic nitrogens is 4. The molecule has 0 atom stereocenters. The third-order valence-corrected chi connectivity index (χ3v) is 6.28. The van der Waals surface area contributed by atoms with Gasteiger partial charge in [0.15, 0.2) is 11.0 Å². The summed E-state index contributed by atoms with van der Waals surface area (Å²) in [7, 11) is 0. The minimum absolute atomic E-state index is 0.0501. The lowest BCUT2D eigenvalue weighted by Crippen LogP contribution is -2.23. The Labute approximate surface area is 183 Å². The Morgan fingerprint density at radius 1 is 1.10 bits per heavy atom. The molecule has 0 saturated carbocycles. The second-order valence-corrected chi connectivity index (χ2v) is 8.36. The summed E-state index contributed by atoms with van der Waals surface area (Å²) in [5.74, 6) is 1.32. The first-order valence-corrected chi connectivity index (χ1v) is 11.5. The number of para-hydroxylation sites is 1. The van der Waals surface area contributed by atoms with Crippen LogP contribution in [0.1, 0.15) is 25.1 Å². The Kier molecular flexibility index (Phi) is 6.25. The van der Waals surface area contributed by atoms with Crippen LogP contribution in [0.4, 0.5) is 10.8 Å². The molecule has 2 aromatic carbocycles. The van der Waals surface area contributed by atoms with Gasteiger partial charge in [0.2, 0.25) is 11.1 Å². The number of hydrogen-bond acceptors (Lipinski definition) is 6. The largest absolute Gasteiger partial charge is 0.274 e. The molecule has 4 aromatic rings. The molecule has 0 radical (unpaired) electrons. The number of carbonyl (C=O) groups excluding carboxylic acids is 1. The third-order valence-electron chi connectivity index (χ3n) is 4.52. The number of benzene rings is 2. The number of H-pyrrole nitrogens is 1. The Morgan fingerprint density at radius 2 is 1.87 bits per heavy atom. The predicted molar refractivity (Wildman–Crippen MR) is 122 cm³/mol. The fourth-order valence-corrected chi connectivity index (χ4v) is 4.75. The highest BCUT2D eigenvalue weighted by molar-refractivity contribution is 7.98. The highest BCUT2D eigenvalue weighted by Crippen LogP contribution is 2.33. The van der Waals surface area contributed by atoms with E-state index < -0.39 is 0 Å². The standard InChI is InChI=1S/C22H21N5OS2/c1-3-16-9-7-8-12-19(16)27(15(2)28)22-23-18(14-30-22)13-29-21-24-20(25-26-21)17-10-5-4-6-11-17/h4-12,14H,3,13H2,1-2H3,(H,24,25,26). The van der Waals surface area contributed by atoms with Crippen molar-refractivity contribution in [3.05, 3.63) is 71.2 Å². The maximum Gasteiger partial charge on any atom is 0.230 e. The number of rotatable bonds is 7.